The zero-order valence-electron chi connectivity index (χ0n) is 18.2. The first-order valence-electron chi connectivity index (χ1n) is 10.7. The molecule has 0 saturated carbocycles. The Morgan fingerprint density at radius 2 is 1.76 bits per heavy atom. The van der Waals surface area contributed by atoms with Crippen LogP contribution in [0.25, 0.3) is 10.6 Å². The Labute approximate surface area is 194 Å². The molecule has 0 bridgehead atoms. The van der Waals surface area contributed by atoms with Crippen LogP contribution in [0, 0.1) is 0 Å². The number of alkyl halides is 3. The number of nitrogens with zero attached hydrogens (tertiary/aromatic N) is 3. The van der Waals surface area contributed by atoms with E-state index < -0.39 is 17.6 Å². The molecule has 0 atom stereocenters. The molecule has 0 aliphatic carbocycles. The molecule has 9 heteroatoms. The fraction of sp³-hybridized carbons (Fsp3) is 0.333. The molecule has 0 radical (unpaired) electrons. The van der Waals surface area contributed by atoms with Crippen LogP contribution in [-0.2, 0) is 23.9 Å². The molecule has 1 aliphatic heterocycles. The SMILES string of the molecule is CN1CCN(Cc2ccc(-c3nc(CC(=O)Nc4ccccc4C(F)(F)F)cs3)cc2)CC1. The number of likely N-dealkylation sites (N-methyl/N-ethyl adjacent to an activating group) is 1. The number of aromatic nitrogens is 1. The highest BCUT2D eigenvalue weighted by molar-refractivity contribution is 7.13. The van der Waals surface area contributed by atoms with Crippen LogP contribution in [-0.4, -0.2) is 53.9 Å². The van der Waals surface area contributed by atoms with Gasteiger partial charge in [0.15, 0.2) is 0 Å². The van der Waals surface area contributed by atoms with Crippen LogP contribution in [0.2, 0.25) is 0 Å². The summed E-state index contributed by atoms with van der Waals surface area (Å²) < 4.78 is 39.4. The summed E-state index contributed by atoms with van der Waals surface area (Å²) in [6.45, 7) is 5.19. The number of amides is 1. The number of carbonyl (C=O) groups excluding carboxylic acids is 1. The van der Waals surface area contributed by atoms with E-state index in [1.807, 2.05) is 12.1 Å². The molecule has 1 amide bonds. The number of hydrogen-bond acceptors (Lipinski definition) is 5. The summed E-state index contributed by atoms with van der Waals surface area (Å²) in [5.41, 5.74) is 1.60. The molecule has 1 aliphatic rings. The lowest BCUT2D eigenvalue weighted by molar-refractivity contribution is -0.137. The number of nitrogens with one attached hydrogen (secondary N) is 1. The maximum Gasteiger partial charge on any atom is 0.418 e. The molecule has 0 unspecified atom stereocenters. The highest BCUT2D eigenvalue weighted by Crippen LogP contribution is 2.34. The highest BCUT2D eigenvalue weighted by atomic mass is 32.1. The van der Waals surface area contributed by atoms with Crippen molar-refractivity contribution in [2.24, 2.45) is 0 Å². The molecule has 4 rings (SSSR count). The standard InChI is InChI=1S/C24H25F3N4OS/c1-30-10-12-31(13-11-30)15-17-6-8-18(9-7-17)23-28-19(16-33-23)14-22(32)29-21-5-3-2-4-20(21)24(25,26)27/h2-9,16H,10-15H2,1H3,(H,29,32). The maximum atomic E-state index is 13.1. The van der Waals surface area contributed by atoms with Gasteiger partial charge in [-0.15, -0.1) is 11.3 Å². The van der Waals surface area contributed by atoms with Crippen LogP contribution < -0.4 is 5.32 Å². The quantitative estimate of drug-likeness (QED) is 0.560. The zero-order valence-corrected chi connectivity index (χ0v) is 19.0. The summed E-state index contributed by atoms with van der Waals surface area (Å²) in [5, 5.41) is 4.91. The van der Waals surface area contributed by atoms with Gasteiger partial charge in [-0.25, -0.2) is 4.98 Å². The minimum Gasteiger partial charge on any atom is -0.325 e. The average Bonchev–Trinajstić information content (AvgIpc) is 3.24. The van der Waals surface area contributed by atoms with Crippen molar-refractivity contribution in [1.29, 1.82) is 0 Å². The topological polar surface area (TPSA) is 48.5 Å². The number of rotatable bonds is 6. The van der Waals surface area contributed by atoms with Crippen LogP contribution in [0.5, 0.6) is 0 Å². The Morgan fingerprint density at radius 3 is 2.45 bits per heavy atom. The first kappa shape index (κ1) is 23.4. The number of piperazine rings is 1. The van der Waals surface area contributed by atoms with E-state index in [1.165, 1.54) is 35.1 Å². The Hall–Kier alpha value is -2.75. The molecule has 174 valence electrons. The Bertz CT molecular complexity index is 1090. The third-order valence-corrected chi connectivity index (χ3v) is 6.54. The van der Waals surface area contributed by atoms with E-state index >= 15 is 0 Å². The van der Waals surface area contributed by atoms with Crippen molar-refractivity contribution in [3.63, 3.8) is 0 Å². The van der Waals surface area contributed by atoms with Gasteiger partial charge in [-0.1, -0.05) is 36.4 Å². The summed E-state index contributed by atoms with van der Waals surface area (Å²) in [7, 11) is 2.14. The van der Waals surface area contributed by atoms with Crippen LogP contribution >= 0.6 is 11.3 Å². The van der Waals surface area contributed by atoms with Crippen molar-refractivity contribution in [3.05, 3.63) is 70.7 Å². The van der Waals surface area contributed by atoms with E-state index in [-0.39, 0.29) is 12.1 Å². The molecule has 33 heavy (non-hydrogen) atoms. The molecular weight excluding hydrogens is 449 g/mol. The number of carbonyl (C=O) groups is 1. The summed E-state index contributed by atoms with van der Waals surface area (Å²) in [5.74, 6) is -0.536. The van der Waals surface area contributed by atoms with Crippen molar-refractivity contribution in [1.82, 2.24) is 14.8 Å². The molecule has 1 N–H and O–H groups in total. The minimum absolute atomic E-state index is 0.0931. The maximum absolute atomic E-state index is 13.1. The number of thiazole rings is 1. The van der Waals surface area contributed by atoms with E-state index in [2.05, 4.69) is 39.3 Å². The fourth-order valence-corrected chi connectivity index (χ4v) is 4.56. The first-order chi connectivity index (χ1) is 15.8. The number of benzene rings is 2. The molecule has 1 saturated heterocycles. The third-order valence-electron chi connectivity index (χ3n) is 5.60. The molecular formula is C24H25F3N4OS. The van der Waals surface area contributed by atoms with Crippen molar-refractivity contribution >= 4 is 22.9 Å². The predicted molar refractivity (Wildman–Crippen MR) is 124 cm³/mol. The van der Waals surface area contributed by atoms with E-state index in [0.717, 1.165) is 49.4 Å². The van der Waals surface area contributed by atoms with E-state index in [9.17, 15) is 18.0 Å². The zero-order chi connectivity index (χ0) is 23.4. The number of para-hydroxylation sites is 1. The van der Waals surface area contributed by atoms with Gasteiger partial charge in [0.1, 0.15) is 5.01 Å². The summed E-state index contributed by atoms with van der Waals surface area (Å²) in [6.07, 6.45) is -4.63. The number of hydrogen-bond donors (Lipinski definition) is 1. The second-order valence-electron chi connectivity index (χ2n) is 8.19. The van der Waals surface area contributed by atoms with E-state index in [4.69, 9.17) is 0 Å². The molecule has 0 spiro atoms. The van der Waals surface area contributed by atoms with Crippen molar-refractivity contribution in [2.75, 3.05) is 38.5 Å². The lowest BCUT2D eigenvalue weighted by Gasteiger charge is -2.32. The Balaban J connectivity index is 1.36. The molecule has 1 fully saturated rings. The largest absolute Gasteiger partial charge is 0.418 e. The monoisotopic (exact) mass is 474 g/mol. The van der Waals surface area contributed by atoms with Gasteiger partial charge in [-0.2, -0.15) is 13.2 Å². The normalized spacial score (nSPS) is 15.5. The van der Waals surface area contributed by atoms with Gasteiger partial charge < -0.3 is 10.2 Å². The van der Waals surface area contributed by atoms with Gasteiger partial charge in [-0.05, 0) is 24.7 Å². The molecule has 2 aromatic carbocycles. The van der Waals surface area contributed by atoms with Crippen LogP contribution in [0.4, 0.5) is 18.9 Å². The minimum atomic E-state index is -4.53. The number of halogens is 3. The van der Waals surface area contributed by atoms with Crippen molar-refractivity contribution in [3.8, 4) is 10.6 Å². The van der Waals surface area contributed by atoms with E-state index in [1.54, 1.807) is 5.38 Å². The first-order valence-corrected chi connectivity index (χ1v) is 11.6. The summed E-state index contributed by atoms with van der Waals surface area (Å²) >= 11 is 1.41. The van der Waals surface area contributed by atoms with E-state index in [0.29, 0.717) is 5.69 Å². The lowest BCUT2D eigenvalue weighted by Crippen LogP contribution is -2.43. The number of anilines is 1. The second-order valence-corrected chi connectivity index (χ2v) is 9.05. The highest BCUT2D eigenvalue weighted by Gasteiger charge is 2.33. The van der Waals surface area contributed by atoms with Crippen LogP contribution in [0.15, 0.2) is 53.9 Å². The van der Waals surface area contributed by atoms with Crippen molar-refractivity contribution in [2.45, 2.75) is 19.1 Å². The molecule has 3 aromatic rings. The van der Waals surface area contributed by atoms with Crippen LogP contribution in [0.1, 0.15) is 16.8 Å². The average molecular weight is 475 g/mol. The van der Waals surface area contributed by atoms with Gasteiger partial charge in [-0.3, -0.25) is 9.69 Å². The van der Waals surface area contributed by atoms with Gasteiger partial charge in [0.25, 0.3) is 0 Å². The fourth-order valence-electron chi connectivity index (χ4n) is 3.74. The Morgan fingerprint density at radius 1 is 1.06 bits per heavy atom. The lowest BCUT2D eigenvalue weighted by atomic mass is 10.1. The van der Waals surface area contributed by atoms with Crippen molar-refractivity contribution < 1.29 is 18.0 Å². The second kappa shape index (κ2) is 10.0. The summed E-state index contributed by atoms with van der Waals surface area (Å²) in [6, 6.07) is 13.2. The molecule has 2 heterocycles. The predicted octanol–water partition coefficient (Wildman–Crippen LogP) is 4.76. The van der Waals surface area contributed by atoms with Crippen LogP contribution in [0.3, 0.4) is 0 Å². The smallest absolute Gasteiger partial charge is 0.325 e. The molecule has 5 nitrogen and oxygen atoms in total. The van der Waals surface area contributed by atoms with Gasteiger partial charge in [0.05, 0.1) is 23.4 Å². The third kappa shape index (κ3) is 6.19. The summed E-state index contributed by atoms with van der Waals surface area (Å²) in [4.78, 5) is 21.6. The Kier molecular flexibility index (Phi) is 7.11. The van der Waals surface area contributed by atoms with Gasteiger partial charge in [0.2, 0.25) is 5.91 Å². The molecule has 1 aromatic heterocycles. The van der Waals surface area contributed by atoms with Gasteiger partial charge >= 0.3 is 6.18 Å². The van der Waals surface area contributed by atoms with Gasteiger partial charge in [0, 0.05) is 43.7 Å².